The summed E-state index contributed by atoms with van der Waals surface area (Å²) in [5, 5.41) is 0. The van der Waals surface area contributed by atoms with Gasteiger partial charge in [0.2, 0.25) is 0 Å². The van der Waals surface area contributed by atoms with E-state index in [0.717, 1.165) is 12.2 Å². The predicted molar refractivity (Wildman–Crippen MR) is 55.8 cm³/mol. The molecule has 0 aromatic rings. The third kappa shape index (κ3) is 6.49. The summed E-state index contributed by atoms with van der Waals surface area (Å²) in [7, 11) is 0. The molecule has 0 bridgehead atoms. The largest absolute Gasteiger partial charge is 0.459 e. The molecule has 0 saturated heterocycles. The summed E-state index contributed by atoms with van der Waals surface area (Å²) >= 11 is 0. The van der Waals surface area contributed by atoms with Crippen LogP contribution in [-0.2, 0) is 19.1 Å². The molecule has 0 amide bonds. The number of hydrogen-bond donors (Lipinski definition) is 0. The Hall–Kier alpha value is -1.58. The second-order valence-electron chi connectivity index (χ2n) is 2.88. The van der Waals surface area contributed by atoms with Crippen LogP contribution in [0.1, 0.15) is 13.8 Å². The Bertz CT molecular complexity index is 231. The van der Waals surface area contributed by atoms with Crippen molar-refractivity contribution in [2.24, 2.45) is 0 Å². The number of esters is 2. The highest BCUT2D eigenvalue weighted by molar-refractivity contribution is 5.82. The van der Waals surface area contributed by atoms with Crippen LogP contribution in [-0.4, -0.2) is 24.1 Å². The quantitative estimate of drug-likeness (QED) is 0.492. The third-order valence-corrected chi connectivity index (χ3v) is 1.48. The van der Waals surface area contributed by atoms with Crippen LogP contribution in [0, 0.1) is 6.42 Å². The Balaban J connectivity index is 3.89. The highest BCUT2D eigenvalue weighted by atomic mass is 16.6. The van der Waals surface area contributed by atoms with E-state index in [-0.39, 0.29) is 0 Å². The molecule has 0 heterocycles. The fourth-order valence-corrected chi connectivity index (χ4v) is 0.923. The van der Waals surface area contributed by atoms with Gasteiger partial charge in [0.1, 0.15) is 12.2 Å². The van der Waals surface area contributed by atoms with Gasteiger partial charge in [0.05, 0.1) is 0 Å². The van der Waals surface area contributed by atoms with Crippen LogP contribution in [0.3, 0.4) is 0 Å². The maximum atomic E-state index is 10.8. The Kier molecular flexibility index (Phi) is 6.09. The first-order valence-corrected chi connectivity index (χ1v) is 4.50. The zero-order valence-electron chi connectivity index (χ0n) is 8.93. The second-order valence-corrected chi connectivity index (χ2v) is 2.88. The van der Waals surface area contributed by atoms with Crippen molar-refractivity contribution in [2.45, 2.75) is 26.1 Å². The Morgan fingerprint density at radius 3 is 1.60 bits per heavy atom. The highest BCUT2D eigenvalue weighted by Gasteiger charge is 2.14. The average molecular weight is 211 g/mol. The summed E-state index contributed by atoms with van der Waals surface area (Å²) in [5.74, 6) is -1.03. The third-order valence-electron chi connectivity index (χ3n) is 1.48. The second kappa shape index (κ2) is 6.81. The summed E-state index contributed by atoms with van der Waals surface area (Å²) in [6.45, 7) is 9.87. The van der Waals surface area contributed by atoms with Gasteiger partial charge in [-0.1, -0.05) is 13.2 Å². The van der Waals surface area contributed by atoms with Crippen molar-refractivity contribution >= 4 is 11.9 Å². The fourth-order valence-electron chi connectivity index (χ4n) is 0.923. The molecule has 2 atom stereocenters. The van der Waals surface area contributed by atoms with Gasteiger partial charge in [-0.25, -0.2) is 9.59 Å². The standard InChI is InChI=1S/C11H15O4/c1-5-10(12)14-8(3)7-9(4)15-11(13)6-2/h5-9H,1-2H2,3-4H3. The fraction of sp³-hybridized carbons (Fsp3) is 0.364. The lowest BCUT2D eigenvalue weighted by Crippen LogP contribution is -2.23. The predicted octanol–water partition coefficient (Wildman–Crippen LogP) is 1.43. The normalized spacial score (nSPS) is 13.5. The molecule has 0 spiro atoms. The van der Waals surface area contributed by atoms with Gasteiger partial charge in [0, 0.05) is 18.6 Å². The molecule has 4 nitrogen and oxygen atoms in total. The van der Waals surface area contributed by atoms with Gasteiger partial charge in [0.25, 0.3) is 0 Å². The molecule has 0 rings (SSSR count). The maximum Gasteiger partial charge on any atom is 0.330 e. The summed E-state index contributed by atoms with van der Waals surface area (Å²) < 4.78 is 9.71. The maximum absolute atomic E-state index is 10.8. The van der Waals surface area contributed by atoms with E-state index in [1.54, 1.807) is 20.3 Å². The van der Waals surface area contributed by atoms with Crippen LogP contribution in [0.2, 0.25) is 0 Å². The van der Waals surface area contributed by atoms with E-state index in [4.69, 9.17) is 9.47 Å². The van der Waals surface area contributed by atoms with Crippen molar-refractivity contribution in [1.82, 2.24) is 0 Å². The molecule has 0 aliphatic rings. The molecule has 0 aliphatic heterocycles. The monoisotopic (exact) mass is 211 g/mol. The number of hydrogen-bond acceptors (Lipinski definition) is 4. The first-order chi connectivity index (χ1) is 6.99. The van der Waals surface area contributed by atoms with Crippen LogP contribution in [0.15, 0.2) is 25.3 Å². The Morgan fingerprint density at radius 2 is 1.33 bits per heavy atom. The number of ether oxygens (including phenoxy) is 2. The van der Waals surface area contributed by atoms with Gasteiger partial charge >= 0.3 is 11.9 Å². The molecule has 0 aromatic heterocycles. The molecule has 0 aromatic carbocycles. The lowest BCUT2D eigenvalue weighted by Gasteiger charge is -2.16. The zero-order valence-corrected chi connectivity index (χ0v) is 8.93. The van der Waals surface area contributed by atoms with Crippen LogP contribution < -0.4 is 0 Å². The van der Waals surface area contributed by atoms with E-state index < -0.39 is 24.1 Å². The summed E-state index contributed by atoms with van der Waals surface area (Å²) in [5.41, 5.74) is 0. The number of carbonyl (C=O) groups is 2. The van der Waals surface area contributed by atoms with Crippen molar-refractivity contribution in [3.05, 3.63) is 31.7 Å². The van der Waals surface area contributed by atoms with E-state index in [9.17, 15) is 9.59 Å². The molecule has 15 heavy (non-hydrogen) atoms. The zero-order chi connectivity index (χ0) is 11.8. The van der Waals surface area contributed by atoms with E-state index in [1.165, 1.54) is 0 Å². The molecule has 4 heteroatoms. The molecule has 1 radical (unpaired) electrons. The van der Waals surface area contributed by atoms with E-state index >= 15 is 0 Å². The molecular weight excluding hydrogens is 196 g/mol. The highest BCUT2D eigenvalue weighted by Crippen LogP contribution is 2.05. The number of carbonyl (C=O) groups excluding carboxylic acids is 2. The minimum absolute atomic E-state index is 0.442. The van der Waals surface area contributed by atoms with Crippen molar-refractivity contribution in [3.63, 3.8) is 0 Å². The van der Waals surface area contributed by atoms with Crippen molar-refractivity contribution < 1.29 is 19.1 Å². The molecule has 2 unspecified atom stereocenters. The minimum Gasteiger partial charge on any atom is -0.459 e. The van der Waals surface area contributed by atoms with Crippen LogP contribution in [0.25, 0.3) is 0 Å². The molecule has 0 N–H and O–H groups in total. The van der Waals surface area contributed by atoms with Crippen molar-refractivity contribution in [2.75, 3.05) is 0 Å². The van der Waals surface area contributed by atoms with Crippen LogP contribution in [0.4, 0.5) is 0 Å². The summed E-state index contributed by atoms with van der Waals surface area (Å²) in [4.78, 5) is 21.6. The topological polar surface area (TPSA) is 52.6 Å². The summed E-state index contributed by atoms with van der Waals surface area (Å²) in [6.07, 6.45) is 2.85. The van der Waals surface area contributed by atoms with Gasteiger partial charge in [-0.2, -0.15) is 0 Å². The summed E-state index contributed by atoms with van der Waals surface area (Å²) in [6, 6.07) is 0. The van der Waals surface area contributed by atoms with Gasteiger partial charge in [0.15, 0.2) is 0 Å². The average Bonchev–Trinajstić information content (AvgIpc) is 2.16. The van der Waals surface area contributed by atoms with Gasteiger partial charge < -0.3 is 9.47 Å². The molecule has 0 fully saturated rings. The van der Waals surface area contributed by atoms with E-state index in [1.807, 2.05) is 0 Å². The molecule has 0 saturated carbocycles. The van der Waals surface area contributed by atoms with Gasteiger partial charge in [-0.3, -0.25) is 0 Å². The first-order valence-electron chi connectivity index (χ1n) is 4.50. The lowest BCUT2D eigenvalue weighted by molar-refractivity contribution is -0.143. The number of rotatable bonds is 6. The van der Waals surface area contributed by atoms with Crippen molar-refractivity contribution in [1.29, 1.82) is 0 Å². The van der Waals surface area contributed by atoms with E-state index in [0.29, 0.717) is 0 Å². The van der Waals surface area contributed by atoms with Crippen LogP contribution >= 0.6 is 0 Å². The first kappa shape index (κ1) is 13.4. The molecule has 0 aliphatic carbocycles. The van der Waals surface area contributed by atoms with Gasteiger partial charge in [-0.15, -0.1) is 0 Å². The van der Waals surface area contributed by atoms with Gasteiger partial charge in [-0.05, 0) is 13.8 Å². The van der Waals surface area contributed by atoms with Crippen molar-refractivity contribution in [3.8, 4) is 0 Å². The molecule has 83 valence electrons. The SMILES string of the molecule is C=CC(=O)OC(C)[CH]C(C)OC(=O)C=C. The smallest absolute Gasteiger partial charge is 0.330 e. The Labute approximate surface area is 89.6 Å². The Morgan fingerprint density at radius 1 is 1.00 bits per heavy atom. The lowest BCUT2D eigenvalue weighted by atomic mass is 10.2. The van der Waals surface area contributed by atoms with Crippen LogP contribution in [0.5, 0.6) is 0 Å². The van der Waals surface area contributed by atoms with E-state index in [2.05, 4.69) is 13.2 Å². The molecular formula is C11H15O4. The minimum atomic E-state index is -0.513.